The van der Waals surface area contributed by atoms with Crippen LogP contribution in [-0.4, -0.2) is 19.4 Å². The van der Waals surface area contributed by atoms with Crippen LogP contribution < -0.4 is 0 Å². The third kappa shape index (κ3) is 3.37. The Morgan fingerprint density at radius 3 is 2.27 bits per heavy atom. The van der Waals surface area contributed by atoms with Gasteiger partial charge in [0.25, 0.3) is 0 Å². The van der Waals surface area contributed by atoms with E-state index in [9.17, 15) is 4.57 Å². The maximum atomic E-state index is 11.6. The Labute approximate surface area is 68.6 Å². The van der Waals surface area contributed by atoms with Crippen LogP contribution in [0.5, 0.6) is 0 Å². The zero-order valence-electron chi connectivity index (χ0n) is 7.66. The van der Waals surface area contributed by atoms with E-state index in [1.165, 1.54) is 7.11 Å². The van der Waals surface area contributed by atoms with Crippen molar-refractivity contribution in [3.05, 3.63) is 0 Å². The lowest BCUT2D eigenvalue weighted by Crippen LogP contribution is -2.04. The van der Waals surface area contributed by atoms with Crippen molar-refractivity contribution in [1.29, 1.82) is 0 Å². The van der Waals surface area contributed by atoms with E-state index in [1.54, 1.807) is 0 Å². The van der Waals surface area contributed by atoms with Gasteiger partial charge in [0.1, 0.15) is 0 Å². The smallest absolute Gasteiger partial charge is 0.312 e. The van der Waals surface area contributed by atoms with Crippen molar-refractivity contribution in [1.82, 2.24) is 0 Å². The fourth-order valence-electron chi connectivity index (χ4n) is 0.631. The molecular weight excluding hydrogens is 163 g/mol. The first-order valence-corrected chi connectivity index (χ1v) is 5.48. The molecule has 0 N–H and O–H groups in total. The third-order valence-corrected chi connectivity index (χ3v) is 3.68. The SMILES string of the molecule is CCCOP(=O)(OC)C(C)C. The summed E-state index contributed by atoms with van der Waals surface area (Å²) in [6, 6.07) is 0. The molecule has 0 spiro atoms. The largest absolute Gasteiger partial charge is 0.332 e. The highest BCUT2D eigenvalue weighted by molar-refractivity contribution is 7.54. The summed E-state index contributed by atoms with van der Waals surface area (Å²) in [4.78, 5) is 0. The van der Waals surface area contributed by atoms with Crippen molar-refractivity contribution in [3.8, 4) is 0 Å². The van der Waals surface area contributed by atoms with Crippen LogP contribution in [0.15, 0.2) is 0 Å². The molecule has 0 aliphatic rings. The van der Waals surface area contributed by atoms with E-state index in [0.717, 1.165) is 6.42 Å². The summed E-state index contributed by atoms with van der Waals surface area (Å²) in [5, 5.41) is 0. The Morgan fingerprint density at radius 2 is 2.00 bits per heavy atom. The summed E-state index contributed by atoms with van der Waals surface area (Å²) in [5.74, 6) is 0. The van der Waals surface area contributed by atoms with Gasteiger partial charge in [-0.25, -0.2) is 0 Å². The molecule has 0 fully saturated rings. The zero-order valence-corrected chi connectivity index (χ0v) is 8.56. The van der Waals surface area contributed by atoms with Gasteiger partial charge in [0.15, 0.2) is 0 Å². The second-order valence-electron chi connectivity index (χ2n) is 2.65. The van der Waals surface area contributed by atoms with Crippen LogP contribution in [0.3, 0.4) is 0 Å². The number of hydrogen-bond acceptors (Lipinski definition) is 3. The molecular formula is C7H17O3P. The van der Waals surface area contributed by atoms with Gasteiger partial charge in [-0.1, -0.05) is 20.8 Å². The molecule has 68 valence electrons. The molecule has 0 bridgehead atoms. The highest BCUT2D eigenvalue weighted by atomic mass is 31.2. The van der Waals surface area contributed by atoms with Crippen LogP contribution in [0, 0.1) is 0 Å². The molecule has 4 heteroatoms. The van der Waals surface area contributed by atoms with Crippen LogP contribution in [0.1, 0.15) is 27.2 Å². The summed E-state index contributed by atoms with van der Waals surface area (Å²) < 4.78 is 21.6. The minimum absolute atomic E-state index is 0.0564. The molecule has 0 aromatic rings. The first kappa shape index (κ1) is 11.2. The van der Waals surface area contributed by atoms with E-state index in [4.69, 9.17) is 9.05 Å². The number of rotatable bonds is 5. The van der Waals surface area contributed by atoms with Gasteiger partial charge in [0.05, 0.1) is 12.3 Å². The summed E-state index contributed by atoms with van der Waals surface area (Å²) in [6.45, 7) is 6.14. The minimum atomic E-state index is -2.79. The molecule has 0 amide bonds. The molecule has 0 radical (unpaired) electrons. The Bertz CT molecular complexity index is 145. The Kier molecular flexibility index (Phi) is 4.98. The fraction of sp³-hybridized carbons (Fsp3) is 1.00. The van der Waals surface area contributed by atoms with Gasteiger partial charge in [0, 0.05) is 7.11 Å². The molecule has 11 heavy (non-hydrogen) atoms. The van der Waals surface area contributed by atoms with Gasteiger partial charge in [-0.15, -0.1) is 0 Å². The van der Waals surface area contributed by atoms with Crippen LogP contribution in [0.2, 0.25) is 0 Å². The molecule has 0 aliphatic heterocycles. The predicted molar refractivity (Wildman–Crippen MR) is 46.0 cm³/mol. The quantitative estimate of drug-likeness (QED) is 0.610. The van der Waals surface area contributed by atoms with Crippen molar-refractivity contribution >= 4 is 7.60 Å². The summed E-state index contributed by atoms with van der Waals surface area (Å²) in [6.07, 6.45) is 0.861. The van der Waals surface area contributed by atoms with Crippen molar-refractivity contribution < 1.29 is 13.6 Å². The molecule has 0 aromatic carbocycles. The van der Waals surface area contributed by atoms with Crippen molar-refractivity contribution in [2.45, 2.75) is 32.9 Å². The van der Waals surface area contributed by atoms with Gasteiger partial charge < -0.3 is 9.05 Å². The van der Waals surface area contributed by atoms with E-state index in [-0.39, 0.29) is 5.66 Å². The summed E-state index contributed by atoms with van der Waals surface area (Å²) in [7, 11) is -1.36. The molecule has 0 saturated carbocycles. The van der Waals surface area contributed by atoms with E-state index in [2.05, 4.69) is 0 Å². The fourth-order valence-corrected chi connectivity index (χ4v) is 1.89. The highest BCUT2D eigenvalue weighted by Crippen LogP contribution is 2.51. The van der Waals surface area contributed by atoms with Gasteiger partial charge in [-0.05, 0) is 6.42 Å². The second-order valence-corrected chi connectivity index (χ2v) is 5.39. The first-order valence-electron chi connectivity index (χ1n) is 3.86. The minimum Gasteiger partial charge on any atom is -0.312 e. The summed E-state index contributed by atoms with van der Waals surface area (Å²) >= 11 is 0. The Morgan fingerprint density at radius 1 is 1.45 bits per heavy atom. The first-order chi connectivity index (χ1) is 5.06. The lowest BCUT2D eigenvalue weighted by Gasteiger charge is -2.18. The normalized spacial score (nSPS) is 16.8. The molecule has 0 aromatic heterocycles. The lowest BCUT2D eigenvalue weighted by atomic mass is 10.5. The van der Waals surface area contributed by atoms with Crippen LogP contribution in [0.25, 0.3) is 0 Å². The van der Waals surface area contributed by atoms with Crippen LogP contribution in [-0.2, 0) is 13.6 Å². The van der Waals surface area contributed by atoms with E-state index < -0.39 is 7.60 Å². The molecule has 1 unspecified atom stereocenters. The van der Waals surface area contributed by atoms with Crippen LogP contribution >= 0.6 is 7.60 Å². The van der Waals surface area contributed by atoms with Crippen LogP contribution in [0.4, 0.5) is 0 Å². The van der Waals surface area contributed by atoms with Gasteiger partial charge >= 0.3 is 7.60 Å². The molecule has 1 atom stereocenters. The second kappa shape index (κ2) is 4.91. The standard InChI is InChI=1S/C7H17O3P/c1-5-6-10-11(8,9-4)7(2)3/h7H,5-6H2,1-4H3. The van der Waals surface area contributed by atoms with Gasteiger partial charge in [-0.2, -0.15) is 0 Å². The molecule has 0 heterocycles. The summed E-state index contributed by atoms with van der Waals surface area (Å²) in [5.41, 5.74) is -0.0564. The Balaban J connectivity index is 4.01. The van der Waals surface area contributed by atoms with E-state index in [1.807, 2.05) is 20.8 Å². The maximum Gasteiger partial charge on any atom is 0.332 e. The lowest BCUT2D eigenvalue weighted by molar-refractivity contribution is 0.228. The zero-order chi connectivity index (χ0) is 8.91. The topological polar surface area (TPSA) is 35.5 Å². The Hall–Kier alpha value is 0.150. The predicted octanol–water partition coefficient (Wildman–Crippen LogP) is 2.66. The van der Waals surface area contributed by atoms with E-state index >= 15 is 0 Å². The van der Waals surface area contributed by atoms with Crippen molar-refractivity contribution in [3.63, 3.8) is 0 Å². The highest BCUT2D eigenvalue weighted by Gasteiger charge is 2.26. The number of hydrogen-bond donors (Lipinski definition) is 0. The monoisotopic (exact) mass is 180 g/mol. The molecule has 3 nitrogen and oxygen atoms in total. The molecule has 0 rings (SSSR count). The average Bonchev–Trinajstić information content (AvgIpc) is 2.00. The average molecular weight is 180 g/mol. The van der Waals surface area contributed by atoms with Crippen molar-refractivity contribution in [2.75, 3.05) is 13.7 Å². The molecule has 0 aliphatic carbocycles. The van der Waals surface area contributed by atoms with Gasteiger partial charge in [-0.3, -0.25) is 4.57 Å². The third-order valence-electron chi connectivity index (χ3n) is 1.36. The van der Waals surface area contributed by atoms with E-state index in [0.29, 0.717) is 6.61 Å². The maximum absolute atomic E-state index is 11.6. The van der Waals surface area contributed by atoms with Crippen molar-refractivity contribution in [2.24, 2.45) is 0 Å². The molecule has 0 saturated heterocycles. The van der Waals surface area contributed by atoms with Gasteiger partial charge in [0.2, 0.25) is 0 Å².